The molecule has 2 heterocycles. The molecule has 2 aromatic heterocycles. The zero-order valence-electron chi connectivity index (χ0n) is 17.0. The van der Waals surface area contributed by atoms with Gasteiger partial charge in [0.05, 0.1) is 10.0 Å². The van der Waals surface area contributed by atoms with Gasteiger partial charge < -0.3 is 10.6 Å². The van der Waals surface area contributed by atoms with Gasteiger partial charge in [-0.05, 0) is 56.2 Å². The molecular formula is C22H19Cl2N5O2. The largest absolute Gasteiger partial charge is 0.340 e. The highest BCUT2D eigenvalue weighted by Gasteiger charge is 2.22. The first kappa shape index (κ1) is 21.0. The van der Waals surface area contributed by atoms with Crippen molar-refractivity contribution in [2.75, 3.05) is 10.6 Å². The predicted octanol–water partition coefficient (Wildman–Crippen LogP) is 5.25. The van der Waals surface area contributed by atoms with Crippen molar-refractivity contribution in [3.8, 4) is 0 Å². The van der Waals surface area contributed by atoms with E-state index < -0.39 is 5.91 Å². The Bertz CT molecular complexity index is 1390. The van der Waals surface area contributed by atoms with Crippen LogP contribution in [0.5, 0.6) is 0 Å². The molecule has 0 spiro atoms. The zero-order valence-corrected chi connectivity index (χ0v) is 18.5. The lowest BCUT2D eigenvalue weighted by atomic mass is 10.1. The molecule has 0 bridgehead atoms. The third-order valence-electron chi connectivity index (χ3n) is 5.01. The van der Waals surface area contributed by atoms with Gasteiger partial charge in [0, 0.05) is 23.1 Å². The van der Waals surface area contributed by atoms with Crippen LogP contribution in [-0.4, -0.2) is 20.5 Å². The van der Waals surface area contributed by atoms with Gasteiger partial charge in [-0.3, -0.25) is 14.7 Å². The fourth-order valence-corrected chi connectivity index (χ4v) is 3.55. The van der Waals surface area contributed by atoms with Crippen molar-refractivity contribution in [1.82, 2.24) is 14.6 Å². The first-order valence-electron chi connectivity index (χ1n) is 9.46. The third kappa shape index (κ3) is 4.02. The summed E-state index contributed by atoms with van der Waals surface area (Å²) in [6.45, 7) is 5.60. The highest BCUT2D eigenvalue weighted by Crippen LogP contribution is 2.29. The molecule has 4 rings (SSSR count). The summed E-state index contributed by atoms with van der Waals surface area (Å²) in [5, 5.41) is 9.73. The number of aromatic nitrogens is 3. The lowest BCUT2D eigenvalue weighted by molar-refractivity contribution is 0.102. The Kier molecular flexibility index (Phi) is 5.47. The number of benzene rings is 2. The number of fused-ring (bicyclic) bond motifs is 1. The average molecular weight is 456 g/mol. The monoisotopic (exact) mass is 455 g/mol. The molecule has 0 aliphatic rings. The lowest BCUT2D eigenvalue weighted by Crippen LogP contribution is -2.17. The van der Waals surface area contributed by atoms with Crippen molar-refractivity contribution in [3.63, 3.8) is 0 Å². The van der Waals surface area contributed by atoms with Crippen molar-refractivity contribution >= 4 is 51.9 Å². The van der Waals surface area contributed by atoms with Gasteiger partial charge in [-0.1, -0.05) is 35.3 Å². The van der Waals surface area contributed by atoms with Gasteiger partial charge in [0.2, 0.25) is 0 Å². The molecule has 31 heavy (non-hydrogen) atoms. The second-order valence-electron chi connectivity index (χ2n) is 7.21. The van der Waals surface area contributed by atoms with E-state index in [2.05, 4.69) is 20.7 Å². The van der Waals surface area contributed by atoms with E-state index in [9.17, 15) is 9.59 Å². The molecule has 0 unspecified atom stereocenters. The Hall–Kier alpha value is -3.29. The van der Waals surface area contributed by atoms with Crippen molar-refractivity contribution in [2.24, 2.45) is 0 Å². The molecule has 9 heteroatoms. The molecule has 7 nitrogen and oxygen atoms in total. The summed E-state index contributed by atoms with van der Waals surface area (Å²) in [4.78, 5) is 30.2. The third-order valence-corrected chi connectivity index (χ3v) is 5.75. The Labute approximate surface area is 188 Å². The summed E-state index contributed by atoms with van der Waals surface area (Å²) in [6, 6.07) is 12.0. The van der Waals surface area contributed by atoms with Gasteiger partial charge in [0.15, 0.2) is 5.65 Å². The van der Waals surface area contributed by atoms with Gasteiger partial charge in [-0.2, -0.15) is 4.52 Å². The van der Waals surface area contributed by atoms with Crippen LogP contribution < -0.4 is 16.2 Å². The van der Waals surface area contributed by atoms with Crippen LogP contribution in [0.2, 0.25) is 10.0 Å². The molecule has 2 aromatic carbocycles. The van der Waals surface area contributed by atoms with Crippen molar-refractivity contribution in [2.45, 2.75) is 20.8 Å². The minimum absolute atomic E-state index is 0.202. The number of aromatic amines is 1. The SMILES string of the molecule is Cc1cc(=O)n2[nH]c(Nc3ccc(Cl)c(Cl)c3)c(C(=O)Nc3cccc(C)c3C)c2n1. The number of hydrogen-bond donors (Lipinski definition) is 3. The van der Waals surface area contributed by atoms with Gasteiger partial charge >= 0.3 is 0 Å². The maximum absolute atomic E-state index is 13.3. The average Bonchev–Trinajstić information content (AvgIpc) is 3.06. The number of H-pyrrole nitrogens is 1. The first-order chi connectivity index (χ1) is 14.7. The lowest BCUT2D eigenvalue weighted by Gasteiger charge is -2.11. The van der Waals surface area contributed by atoms with E-state index in [1.165, 1.54) is 10.6 Å². The van der Waals surface area contributed by atoms with E-state index in [-0.39, 0.29) is 16.8 Å². The number of hydrogen-bond acceptors (Lipinski definition) is 4. The van der Waals surface area contributed by atoms with Crippen molar-refractivity contribution in [1.29, 1.82) is 0 Å². The van der Waals surface area contributed by atoms with Crippen LogP contribution in [0.15, 0.2) is 47.3 Å². The fourth-order valence-electron chi connectivity index (χ4n) is 3.25. The number of rotatable bonds is 4. The van der Waals surface area contributed by atoms with Crippen LogP contribution in [0.4, 0.5) is 17.2 Å². The quantitative estimate of drug-likeness (QED) is 0.391. The second-order valence-corrected chi connectivity index (χ2v) is 8.03. The smallest absolute Gasteiger partial charge is 0.272 e. The number of nitrogens with one attached hydrogen (secondary N) is 3. The Morgan fingerprint density at radius 3 is 2.58 bits per heavy atom. The number of aryl methyl sites for hydroxylation is 2. The van der Waals surface area contributed by atoms with Crippen molar-refractivity contribution < 1.29 is 4.79 Å². The first-order valence-corrected chi connectivity index (χ1v) is 10.2. The molecule has 0 atom stereocenters. The van der Waals surface area contributed by atoms with Crippen LogP contribution in [0, 0.1) is 20.8 Å². The molecule has 0 aliphatic heterocycles. The van der Waals surface area contributed by atoms with Crippen LogP contribution in [0.1, 0.15) is 27.2 Å². The van der Waals surface area contributed by atoms with Crippen LogP contribution in [-0.2, 0) is 0 Å². The number of halogens is 2. The van der Waals surface area contributed by atoms with Crippen LogP contribution in [0.25, 0.3) is 5.65 Å². The Morgan fingerprint density at radius 1 is 1.06 bits per heavy atom. The molecule has 0 saturated carbocycles. The number of carbonyl (C=O) groups excluding carboxylic acids is 1. The molecule has 0 radical (unpaired) electrons. The van der Waals surface area contributed by atoms with Gasteiger partial charge in [0.1, 0.15) is 11.4 Å². The molecular weight excluding hydrogens is 437 g/mol. The normalized spacial score (nSPS) is 11.0. The van der Waals surface area contributed by atoms with Crippen LogP contribution in [0.3, 0.4) is 0 Å². The van der Waals surface area contributed by atoms with E-state index in [0.717, 1.165) is 11.1 Å². The Balaban J connectivity index is 1.84. The highest BCUT2D eigenvalue weighted by atomic mass is 35.5. The van der Waals surface area contributed by atoms with Gasteiger partial charge in [-0.25, -0.2) is 4.98 Å². The number of carbonyl (C=O) groups is 1. The zero-order chi connectivity index (χ0) is 22.3. The molecule has 0 fully saturated rings. The second kappa shape index (κ2) is 8.09. The minimum Gasteiger partial charge on any atom is -0.340 e. The predicted molar refractivity (Wildman–Crippen MR) is 124 cm³/mol. The van der Waals surface area contributed by atoms with Crippen molar-refractivity contribution in [3.05, 3.63) is 85.2 Å². The van der Waals surface area contributed by atoms with E-state index in [1.807, 2.05) is 32.0 Å². The van der Waals surface area contributed by atoms with E-state index in [1.54, 1.807) is 25.1 Å². The number of nitrogens with zero attached hydrogens (tertiary/aromatic N) is 2. The summed E-state index contributed by atoms with van der Waals surface area (Å²) in [6.07, 6.45) is 0. The standard InChI is InChI=1S/C22H19Cl2N5O2/c1-11-5-4-6-17(13(11)3)27-22(31)19-20(26-14-7-8-15(23)16(24)10-14)28-29-18(30)9-12(2)25-21(19)29/h4-10,26,28H,1-3H3,(H,27,31). The maximum atomic E-state index is 13.3. The molecule has 158 valence electrons. The molecule has 3 N–H and O–H groups in total. The summed E-state index contributed by atoms with van der Waals surface area (Å²) < 4.78 is 1.23. The van der Waals surface area contributed by atoms with Gasteiger partial charge in [0.25, 0.3) is 11.5 Å². The molecule has 0 saturated heterocycles. The number of amides is 1. The summed E-state index contributed by atoms with van der Waals surface area (Å²) >= 11 is 12.1. The molecule has 4 aromatic rings. The maximum Gasteiger partial charge on any atom is 0.272 e. The molecule has 0 aliphatic carbocycles. The Morgan fingerprint density at radius 2 is 1.84 bits per heavy atom. The topological polar surface area (TPSA) is 91.3 Å². The summed E-state index contributed by atoms with van der Waals surface area (Å²) in [7, 11) is 0. The highest BCUT2D eigenvalue weighted by molar-refractivity contribution is 6.42. The van der Waals surface area contributed by atoms with Crippen LogP contribution >= 0.6 is 23.2 Å². The van der Waals surface area contributed by atoms with E-state index in [4.69, 9.17) is 23.2 Å². The molecule has 1 amide bonds. The van der Waals surface area contributed by atoms with E-state index in [0.29, 0.717) is 32.9 Å². The minimum atomic E-state index is -0.410. The summed E-state index contributed by atoms with van der Waals surface area (Å²) in [5.41, 5.74) is 3.87. The van der Waals surface area contributed by atoms with E-state index >= 15 is 0 Å². The summed E-state index contributed by atoms with van der Waals surface area (Å²) in [5.74, 6) is -0.107. The number of anilines is 3. The van der Waals surface area contributed by atoms with Gasteiger partial charge in [-0.15, -0.1) is 0 Å². The fraction of sp³-hybridized carbons (Fsp3) is 0.136.